The minimum Gasteiger partial charge on any atom is -0.497 e. The molecule has 1 saturated carbocycles. The first-order chi connectivity index (χ1) is 13.9. The van der Waals surface area contributed by atoms with Crippen LogP contribution in [0.4, 0.5) is 0 Å². The van der Waals surface area contributed by atoms with E-state index in [1.165, 1.54) is 19.5 Å². The zero-order valence-corrected chi connectivity index (χ0v) is 17.8. The summed E-state index contributed by atoms with van der Waals surface area (Å²) in [6, 6.07) is 7.04. The molecule has 2 amide bonds. The van der Waals surface area contributed by atoms with Crippen LogP contribution in [0.25, 0.3) is 0 Å². The molecule has 0 saturated heterocycles. The monoisotopic (exact) mass is 418 g/mol. The number of halogens is 1. The van der Waals surface area contributed by atoms with Gasteiger partial charge in [0.25, 0.3) is 11.8 Å². The third kappa shape index (κ3) is 4.93. The maximum atomic E-state index is 13.0. The third-order valence-corrected chi connectivity index (χ3v) is 5.64. The van der Waals surface area contributed by atoms with Crippen LogP contribution < -0.4 is 15.4 Å². The molecule has 2 N–H and O–H groups in total. The van der Waals surface area contributed by atoms with Gasteiger partial charge in [0.05, 0.1) is 12.7 Å². The lowest BCUT2D eigenvalue weighted by atomic mass is 9.93. The highest BCUT2D eigenvalue weighted by molar-refractivity contribution is 6.30. The van der Waals surface area contributed by atoms with Gasteiger partial charge in [-0.05, 0) is 36.6 Å². The Bertz CT molecular complexity index is 887. The summed E-state index contributed by atoms with van der Waals surface area (Å²) in [7, 11) is 3.09. The molecule has 7 heteroatoms. The van der Waals surface area contributed by atoms with Crippen molar-refractivity contribution in [1.29, 1.82) is 0 Å². The lowest BCUT2D eigenvalue weighted by Gasteiger charge is -2.23. The zero-order chi connectivity index (χ0) is 21.0. The number of hydrogen-bond donors (Lipinski definition) is 2. The highest BCUT2D eigenvalue weighted by Gasteiger charge is 2.27. The molecule has 0 bridgehead atoms. The average Bonchev–Trinajstić information content (AvgIpc) is 3.18. The maximum absolute atomic E-state index is 13.0. The molecular weight excluding hydrogens is 392 g/mol. The Labute approximate surface area is 175 Å². The van der Waals surface area contributed by atoms with Crippen LogP contribution in [0.3, 0.4) is 0 Å². The molecule has 1 heterocycles. The Hall–Kier alpha value is -2.47. The second kappa shape index (κ2) is 9.35. The van der Waals surface area contributed by atoms with Crippen LogP contribution in [0, 0.1) is 0 Å². The molecule has 0 aliphatic heterocycles. The number of hydrogen-bond acceptors (Lipinski definition) is 4. The fraction of sp³-hybridized carbons (Fsp3) is 0.455. The lowest BCUT2D eigenvalue weighted by molar-refractivity contribution is 0.0918. The van der Waals surface area contributed by atoms with Crippen molar-refractivity contribution < 1.29 is 18.7 Å². The van der Waals surface area contributed by atoms with Gasteiger partial charge < -0.3 is 19.8 Å². The molecule has 1 aromatic heterocycles. The molecule has 1 aliphatic carbocycles. The number of carbonyl (C=O) groups excluding carboxylic acids is 2. The van der Waals surface area contributed by atoms with E-state index in [1.54, 1.807) is 19.2 Å². The summed E-state index contributed by atoms with van der Waals surface area (Å²) in [5.74, 6) is 0.266. The van der Waals surface area contributed by atoms with Crippen molar-refractivity contribution in [3.05, 3.63) is 51.9 Å². The Balaban J connectivity index is 1.95. The van der Waals surface area contributed by atoms with Crippen molar-refractivity contribution in [2.75, 3.05) is 14.2 Å². The molecule has 1 unspecified atom stereocenters. The van der Waals surface area contributed by atoms with Crippen molar-refractivity contribution in [3.8, 4) is 5.75 Å². The minimum atomic E-state index is -0.376. The highest BCUT2D eigenvalue weighted by atomic mass is 35.5. The first-order valence-corrected chi connectivity index (χ1v) is 10.3. The summed E-state index contributed by atoms with van der Waals surface area (Å²) in [6.07, 6.45) is 5.39. The average molecular weight is 419 g/mol. The molecule has 0 radical (unpaired) electrons. The van der Waals surface area contributed by atoms with Gasteiger partial charge in [0.1, 0.15) is 11.5 Å². The van der Waals surface area contributed by atoms with Crippen LogP contribution in [0.15, 0.2) is 28.7 Å². The second-order valence-corrected chi connectivity index (χ2v) is 7.86. The van der Waals surface area contributed by atoms with E-state index in [0.29, 0.717) is 22.1 Å². The third-order valence-electron chi connectivity index (χ3n) is 5.42. The van der Waals surface area contributed by atoms with Crippen molar-refractivity contribution in [1.82, 2.24) is 10.6 Å². The van der Waals surface area contributed by atoms with Crippen molar-refractivity contribution in [2.24, 2.45) is 0 Å². The first kappa shape index (κ1) is 21.2. The van der Waals surface area contributed by atoms with E-state index in [4.69, 9.17) is 20.8 Å². The van der Waals surface area contributed by atoms with Crippen molar-refractivity contribution in [3.63, 3.8) is 0 Å². The summed E-state index contributed by atoms with van der Waals surface area (Å²) in [5, 5.41) is 6.17. The zero-order valence-electron chi connectivity index (χ0n) is 17.0. The van der Waals surface area contributed by atoms with Crippen molar-refractivity contribution in [2.45, 2.75) is 51.0 Å². The number of nitrogens with one attached hydrogen (secondary N) is 2. The molecular formula is C22H27ClN2O4. The first-order valence-electron chi connectivity index (χ1n) is 9.94. The van der Waals surface area contributed by atoms with Crippen LogP contribution in [-0.4, -0.2) is 32.0 Å². The van der Waals surface area contributed by atoms with Gasteiger partial charge in [-0.25, -0.2) is 0 Å². The molecule has 1 aliphatic rings. The van der Waals surface area contributed by atoms with Crippen LogP contribution >= 0.6 is 11.6 Å². The van der Waals surface area contributed by atoms with E-state index < -0.39 is 0 Å². The Morgan fingerprint density at radius 1 is 1.14 bits per heavy atom. The van der Waals surface area contributed by atoms with Gasteiger partial charge in [0, 0.05) is 30.1 Å². The number of amides is 2. The van der Waals surface area contributed by atoms with Gasteiger partial charge in [-0.2, -0.15) is 0 Å². The number of ether oxygens (including phenoxy) is 1. The second-order valence-electron chi connectivity index (χ2n) is 7.42. The molecule has 1 fully saturated rings. The minimum absolute atomic E-state index is 0.108. The van der Waals surface area contributed by atoms with Gasteiger partial charge in [0.2, 0.25) is 0 Å². The van der Waals surface area contributed by atoms with Gasteiger partial charge >= 0.3 is 0 Å². The smallest absolute Gasteiger partial charge is 0.286 e. The summed E-state index contributed by atoms with van der Waals surface area (Å²) in [6.45, 7) is 1.91. The predicted molar refractivity (Wildman–Crippen MR) is 112 cm³/mol. The van der Waals surface area contributed by atoms with Crippen LogP contribution in [0.5, 0.6) is 5.75 Å². The molecule has 2 aromatic rings. The van der Waals surface area contributed by atoms with E-state index in [9.17, 15) is 9.59 Å². The molecule has 0 spiro atoms. The predicted octanol–water partition coefficient (Wildman–Crippen LogP) is 4.52. The molecule has 3 rings (SSSR count). The summed E-state index contributed by atoms with van der Waals surface area (Å²) >= 11 is 6.22. The lowest BCUT2D eigenvalue weighted by Crippen LogP contribution is -2.36. The largest absolute Gasteiger partial charge is 0.497 e. The summed E-state index contributed by atoms with van der Waals surface area (Å²) < 4.78 is 11.2. The molecule has 1 aromatic carbocycles. The van der Waals surface area contributed by atoms with Gasteiger partial charge in [-0.1, -0.05) is 37.8 Å². The fourth-order valence-electron chi connectivity index (χ4n) is 3.75. The van der Waals surface area contributed by atoms with Crippen LogP contribution in [0.2, 0.25) is 5.02 Å². The molecule has 6 nitrogen and oxygen atoms in total. The van der Waals surface area contributed by atoms with Gasteiger partial charge in [-0.3, -0.25) is 9.59 Å². The normalized spacial score (nSPS) is 15.6. The number of methoxy groups -OCH3 is 1. The summed E-state index contributed by atoms with van der Waals surface area (Å²) in [5.41, 5.74) is 1.21. The van der Waals surface area contributed by atoms with E-state index >= 15 is 0 Å². The van der Waals surface area contributed by atoms with E-state index in [0.717, 1.165) is 31.2 Å². The Morgan fingerprint density at radius 3 is 2.52 bits per heavy atom. The van der Waals surface area contributed by atoms with E-state index in [2.05, 4.69) is 10.6 Å². The highest BCUT2D eigenvalue weighted by Crippen LogP contribution is 2.33. The number of rotatable bonds is 6. The Morgan fingerprint density at radius 2 is 1.86 bits per heavy atom. The molecule has 29 heavy (non-hydrogen) atoms. The van der Waals surface area contributed by atoms with Gasteiger partial charge in [0.15, 0.2) is 5.76 Å². The Kier molecular flexibility index (Phi) is 6.85. The molecule has 156 valence electrons. The SMILES string of the molecule is CNC(=O)c1cc(C(=O)NC2CCCCC2)c(C(C)c2cc(Cl)cc(OC)c2)o1. The number of carbonyl (C=O) groups is 2. The summed E-state index contributed by atoms with van der Waals surface area (Å²) in [4.78, 5) is 25.2. The number of benzene rings is 1. The van der Waals surface area contributed by atoms with Crippen LogP contribution in [-0.2, 0) is 0 Å². The number of furan rings is 1. The van der Waals surface area contributed by atoms with Crippen molar-refractivity contribution >= 4 is 23.4 Å². The quantitative estimate of drug-likeness (QED) is 0.722. The fourth-order valence-corrected chi connectivity index (χ4v) is 3.99. The molecule has 1 atom stereocenters. The standard InChI is InChI=1S/C22H27ClN2O4/c1-13(14-9-15(23)11-17(10-14)28-3)20-18(12-19(29-20)22(27)24-2)21(26)25-16-7-5-4-6-8-16/h9-13,16H,4-8H2,1-3H3,(H,24,27)(H,25,26). The maximum Gasteiger partial charge on any atom is 0.286 e. The van der Waals surface area contributed by atoms with E-state index in [1.807, 2.05) is 13.0 Å². The van der Waals surface area contributed by atoms with Gasteiger partial charge in [-0.15, -0.1) is 0 Å². The van der Waals surface area contributed by atoms with E-state index in [-0.39, 0.29) is 29.5 Å². The van der Waals surface area contributed by atoms with Crippen LogP contribution in [0.1, 0.15) is 77.2 Å². The topological polar surface area (TPSA) is 80.6 Å².